The molecule has 2 rings (SSSR count). The third kappa shape index (κ3) is 2.24. The number of hydrogen-bond donors (Lipinski definition) is 1. The summed E-state index contributed by atoms with van der Waals surface area (Å²) in [5.74, 6) is 0. The van der Waals surface area contributed by atoms with Crippen molar-refractivity contribution in [1.82, 2.24) is 0 Å². The quantitative estimate of drug-likeness (QED) is 0.644. The van der Waals surface area contributed by atoms with Crippen molar-refractivity contribution in [3.05, 3.63) is 46.5 Å². The molecule has 0 aliphatic heterocycles. The molecular formula is C10H8N2O4S. The lowest BCUT2D eigenvalue weighted by atomic mass is 10.1. The van der Waals surface area contributed by atoms with Crippen molar-refractivity contribution in [2.45, 2.75) is 4.90 Å². The summed E-state index contributed by atoms with van der Waals surface area (Å²) in [5, 5.41) is 16.7. The molecule has 2 aromatic rings. The van der Waals surface area contributed by atoms with Crippen LogP contribution in [0.25, 0.3) is 10.8 Å². The molecule has 0 spiro atoms. The van der Waals surface area contributed by atoms with Crippen LogP contribution in [-0.2, 0) is 10.0 Å². The highest BCUT2D eigenvalue weighted by Crippen LogP contribution is 2.23. The summed E-state index contributed by atoms with van der Waals surface area (Å²) in [7, 11) is -3.75. The maximum absolute atomic E-state index is 11.1. The van der Waals surface area contributed by atoms with Crippen molar-refractivity contribution in [3.8, 4) is 0 Å². The SMILES string of the molecule is NS(=O)(=O)c1ccc2cc([N+](=O)[O-])ccc2c1. The molecule has 17 heavy (non-hydrogen) atoms. The van der Waals surface area contributed by atoms with E-state index in [9.17, 15) is 18.5 Å². The zero-order chi connectivity index (χ0) is 12.6. The molecule has 0 bridgehead atoms. The van der Waals surface area contributed by atoms with Gasteiger partial charge in [-0.2, -0.15) is 0 Å². The van der Waals surface area contributed by atoms with Crippen LogP contribution in [0.4, 0.5) is 5.69 Å². The number of nitro benzene ring substituents is 1. The van der Waals surface area contributed by atoms with Gasteiger partial charge in [0.2, 0.25) is 10.0 Å². The first kappa shape index (κ1) is 11.5. The van der Waals surface area contributed by atoms with E-state index in [0.717, 1.165) is 0 Å². The number of fused-ring (bicyclic) bond motifs is 1. The normalized spacial score (nSPS) is 11.6. The van der Waals surface area contributed by atoms with Gasteiger partial charge in [-0.05, 0) is 29.0 Å². The van der Waals surface area contributed by atoms with Gasteiger partial charge in [0.25, 0.3) is 5.69 Å². The van der Waals surface area contributed by atoms with E-state index < -0.39 is 14.9 Å². The molecule has 0 atom stereocenters. The number of nitrogens with zero attached hydrogens (tertiary/aromatic N) is 1. The Kier molecular flexibility index (Phi) is 2.56. The largest absolute Gasteiger partial charge is 0.270 e. The summed E-state index contributed by atoms with van der Waals surface area (Å²) in [4.78, 5) is 10.0. The first-order valence-corrected chi connectivity index (χ1v) is 6.13. The molecule has 0 saturated carbocycles. The number of hydrogen-bond acceptors (Lipinski definition) is 4. The maximum atomic E-state index is 11.1. The highest BCUT2D eigenvalue weighted by Gasteiger charge is 2.10. The Bertz CT molecular complexity index is 709. The number of non-ortho nitro benzene ring substituents is 1. The van der Waals surface area contributed by atoms with E-state index in [1.807, 2.05) is 0 Å². The summed E-state index contributed by atoms with van der Waals surface area (Å²) in [6, 6.07) is 8.37. The van der Waals surface area contributed by atoms with Crippen LogP contribution in [0, 0.1) is 10.1 Å². The Hall–Kier alpha value is -1.99. The van der Waals surface area contributed by atoms with Crippen LogP contribution in [-0.4, -0.2) is 13.3 Å². The van der Waals surface area contributed by atoms with Gasteiger partial charge < -0.3 is 0 Å². The second kappa shape index (κ2) is 3.79. The molecule has 0 radical (unpaired) electrons. The van der Waals surface area contributed by atoms with Crippen molar-refractivity contribution in [3.63, 3.8) is 0 Å². The number of nitro groups is 1. The zero-order valence-electron chi connectivity index (χ0n) is 8.53. The number of primary sulfonamides is 1. The maximum Gasteiger partial charge on any atom is 0.270 e. The molecule has 0 amide bonds. The van der Waals surface area contributed by atoms with Crippen molar-refractivity contribution >= 4 is 26.5 Å². The first-order chi connectivity index (χ1) is 7.88. The molecule has 7 heteroatoms. The van der Waals surface area contributed by atoms with Gasteiger partial charge in [-0.1, -0.05) is 6.07 Å². The third-order valence-corrected chi connectivity index (χ3v) is 3.25. The number of nitrogens with two attached hydrogens (primary N) is 1. The van der Waals surface area contributed by atoms with Crippen LogP contribution < -0.4 is 5.14 Å². The van der Waals surface area contributed by atoms with Crippen LogP contribution in [0.3, 0.4) is 0 Å². The van der Waals surface area contributed by atoms with Gasteiger partial charge in [0.15, 0.2) is 0 Å². The summed E-state index contributed by atoms with van der Waals surface area (Å²) in [5.41, 5.74) is -0.0409. The van der Waals surface area contributed by atoms with E-state index in [1.54, 1.807) is 0 Å². The Morgan fingerprint density at radius 2 is 1.65 bits per heavy atom. The minimum atomic E-state index is -3.75. The summed E-state index contributed by atoms with van der Waals surface area (Å²) < 4.78 is 22.2. The summed E-state index contributed by atoms with van der Waals surface area (Å²) in [6.45, 7) is 0. The fourth-order valence-corrected chi connectivity index (χ4v) is 2.05. The minimum absolute atomic E-state index is 0.0150. The lowest BCUT2D eigenvalue weighted by Crippen LogP contribution is -2.11. The van der Waals surface area contributed by atoms with Crippen LogP contribution in [0.1, 0.15) is 0 Å². The Balaban J connectivity index is 2.66. The number of benzene rings is 2. The van der Waals surface area contributed by atoms with Gasteiger partial charge in [-0.15, -0.1) is 0 Å². The number of sulfonamides is 1. The van der Waals surface area contributed by atoms with Gasteiger partial charge in [0.05, 0.1) is 9.82 Å². The van der Waals surface area contributed by atoms with Crippen molar-refractivity contribution < 1.29 is 13.3 Å². The monoisotopic (exact) mass is 252 g/mol. The first-order valence-electron chi connectivity index (χ1n) is 4.59. The second-order valence-corrected chi connectivity index (χ2v) is 5.06. The smallest absolute Gasteiger partial charge is 0.258 e. The van der Waals surface area contributed by atoms with E-state index in [1.165, 1.54) is 36.4 Å². The lowest BCUT2D eigenvalue weighted by Gasteiger charge is -2.01. The average Bonchev–Trinajstić information content (AvgIpc) is 2.26. The molecule has 2 N–H and O–H groups in total. The van der Waals surface area contributed by atoms with Crippen LogP contribution >= 0.6 is 0 Å². The molecule has 0 aliphatic rings. The highest BCUT2D eigenvalue weighted by molar-refractivity contribution is 7.89. The molecular weight excluding hydrogens is 244 g/mol. The van der Waals surface area contributed by atoms with Gasteiger partial charge in [-0.3, -0.25) is 10.1 Å². The predicted octanol–water partition coefficient (Wildman–Crippen LogP) is 1.40. The Morgan fingerprint density at radius 1 is 1.06 bits per heavy atom. The molecule has 0 saturated heterocycles. The molecule has 0 unspecified atom stereocenters. The van der Waals surface area contributed by atoms with Gasteiger partial charge >= 0.3 is 0 Å². The summed E-state index contributed by atoms with van der Waals surface area (Å²) >= 11 is 0. The highest BCUT2D eigenvalue weighted by atomic mass is 32.2. The fraction of sp³-hybridized carbons (Fsp3) is 0. The van der Waals surface area contributed by atoms with Crippen molar-refractivity contribution in [1.29, 1.82) is 0 Å². The van der Waals surface area contributed by atoms with E-state index in [4.69, 9.17) is 5.14 Å². The van der Waals surface area contributed by atoms with E-state index in [-0.39, 0.29) is 10.6 Å². The topological polar surface area (TPSA) is 103 Å². The predicted molar refractivity (Wildman–Crippen MR) is 62.0 cm³/mol. The van der Waals surface area contributed by atoms with Crippen LogP contribution in [0.15, 0.2) is 41.3 Å². The van der Waals surface area contributed by atoms with E-state index in [0.29, 0.717) is 10.8 Å². The third-order valence-electron chi connectivity index (χ3n) is 2.33. The van der Waals surface area contributed by atoms with Crippen LogP contribution in [0.2, 0.25) is 0 Å². The molecule has 0 heterocycles. The molecule has 0 aromatic heterocycles. The number of rotatable bonds is 2. The summed E-state index contributed by atoms with van der Waals surface area (Å²) in [6.07, 6.45) is 0. The van der Waals surface area contributed by atoms with Crippen LogP contribution in [0.5, 0.6) is 0 Å². The van der Waals surface area contributed by atoms with E-state index in [2.05, 4.69) is 0 Å². The molecule has 2 aromatic carbocycles. The Morgan fingerprint density at radius 3 is 2.24 bits per heavy atom. The molecule has 0 aliphatic carbocycles. The van der Waals surface area contributed by atoms with Gasteiger partial charge in [0, 0.05) is 12.1 Å². The minimum Gasteiger partial charge on any atom is -0.258 e. The lowest BCUT2D eigenvalue weighted by molar-refractivity contribution is -0.384. The van der Waals surface area contributed by atoms with Crippen molar-refractivity contribution in [2.75, 3.05) is 0 Å². The molecule has 88 valence electrons. The zero-order valence-corrected chi connectivity index (χ0v) is 9.35. The average molecular weight is 252 g/mol. The standard InChI is InChI=1S/C10H8N2O4S/c11-17(15,16)10-4-2-7-5-9(12(13)14)3-1-8(7)6-10/h1-6H,(H2,11,15,16). The Labute approximate surface area is 96.9 Å². The fourth-order valence-electron chi connectivity index (χ4n) is 1.50. The van der Waals surface area contributed by atoms with Gasteiger partial charge in [-0.25, -0.2) is 13.6 Å². The van der Waals surface area contributed by atoms with Crippen molar-refractivity contribution in [2.24, 2.45) is 5.14 Å². The molecule has 6 nitrogen and oxygen atoms in total. The van der Waals surface area contributed by atoms with Gasteiger partial charge in [0.1, 0.15) is 0 Å². The van der Waals surface area contributed by atoms with E-state index >= 15 is 0 Å². The second-order valence-electron chi connectivity index (χ2n) is 3.50. The molecule has 0 fully saturated rings.